The number of anilines is 1. The Bertz CT molecular complexity index is 596. The van der Waals surface area contributed by atoms with Crippen LogP contribution in [-0.2, 0) is 6.18 Å². The average Bonchev–Trinajstić information content (AvgIpc) is 2.49. The maximum Gasteiger partial charge on any atom is 0.434 e. The quantitative estimate of drug-likeness (QED) is 0.654. The summed E-state index contributed by atoms with van der Waals surface area (Å²) in [5.41, 5.74) is 3.91. The molecular formula is C15H22F6N4O2. The van der Waals surface area contributed by atoms with E-state index in [2.05, 4.69) is 9.97 Å². The van der Waals surface area contributed by atoms with E-state index < -0.39 is 36.8 Å². The van der Waals surface area contributed by atoms with Gasteiger partial charge in [0.05, 0.1) is 31.1 Å². The van der Waals surface area contributed by atoms with Crippen LogP contribution in [-0.4, -0.2) is 62.6 Å². The van der Waals surface area contributed by atoms with Crippen LogP contribution in [0.25, 0.3) is 0 Å². The summed E-state index contributed by atoms with van der Waals surface area (Å²) in [5.74, 6) is -0.218. The lowest BCUT2D eigenvalue weighted by Gasteiger charge is -2.42. The molecule has 1 aliphatic rings. The van der Waals surface area contributed by atoms with Crippen molar-refractivity contribution in [1.29, 1.82) is 0 Å². The summed E-state index contributed by atoms with van der Waals surface area (Å²) in [5, 5.41) is 18.8. The van der Waals surface area contributed by atoms with Gasteiger partial charge in [0.15, 0.2) is 5.69 Å². The molecule has 1 aromatic rings. The first-order chi connectivity index (χ1) is 12.2. The fraction of sp³-hybridized carbons (Fsp3) is 0.733. The molecule has 0 saturated carbocycles. The van der Waals surface area contributed by atoms with Crippen molar-refractivity contribution in [2.45, 2.75) is 50.9 Å². The molecular weight excluding hydrogens is 382 g/mol. The molecule has 3 atom stereocenters. The monoisotopic (exact) mass is 404 g/mol. The van der Waals surface area contributed by atoms with Crippen LogP contribution in [0.1, 0.15) is 26.0 Å². The number of likely N-dealkylation sites (tertiary alicyclic amines) is 1. The van der Waals surface area contributed by atoms with E-state index in [1.54, 1.807) is 0 Å². The molecule has 0 aromatic carbocycles. The molecule has 6 nitrogen and oxygen atoms in total. The van der Waals surface area contributed by atoms with Gasteiger partial charge in [-0.3, -0.25) is 9.88 Å². The van der Waals surface area contributed by atoms with Crippen molar-refractivity contribution in [3.05, 3.63) is 18.1 Å². The highest BCUT2D eigenvalue weighted by atomic mass is 19.4. The van der Waals surface area contributed by atoms with Crippen molar-refractivity contribution in [1.82, 2.24) is 14.9 Å². The summed E-state index contributed by atoms with van der Waals surface area (Å²) < 4.78 is 72.4. The van der Waals surface area contributed by atoms with Crippen molar-refractivity contribution in [2.24, 2.45) is 5.92 Å². The SMILES string of the molecule is CC(C)C1CC(O)C(O)CN1CC(F)(F)F.Nc1cncc(C(F)(F)F)n1. The van der Waals surface area contributed by atoms with Crippen LogP contribution >= 0.6 is 0 Å². The lowest BCUT2D eigenvalue weighted by Crippen LogP contribution is -2.56. The van der Waals surface area contributed by atoms with Gasteiger partial charge in [-0.2, -0.15) is 26.3 Å². The number of rotatable bonds is 2. The predicted octanol–water partition coefficient (Wildman–Crippen LogP) is 2.08. The molecule has 0 aliphatic carbocycles. The van der Waals surface area contributed by atoms with Gasteiger partial charge in [-0.25, -0.2) is 4.98 Å². The molecule has 1 saturated heterocycles. The molecule has 12 heteroatoms. The smallest absolute Gasteiger partial charge is 0.390 e. The number of hydrogen-bond acceptors (Lipinski definition) is 6. The summed E-state index contributed by atoms with van der Waals surface area (Å²) in [7, 11) is 0. The lowest BCUT2D eigenvalue weighted by molar-refractivity contribution is -0.170. The van der Waals surface area contributed by atoms with E-state index >= 15 is 0 Å². The van der Waals surface area contributed by atoms with E-state index in [-0.39, 0.29) is 30.7 Å². The molecule has 2 rings (SSSR count). The first kappa shape index (κ1) is 23.4. The number of nitrogens with zero attached hydrogens (tertiary/aromatic N) is 3. The number of alkyl halides is 6. The van der Waals surface area contributed by atoms with E-state index in [0.717, 1.165) is 6.20 Å². The van der Waals surface area contributed by atoms with Gasteiger partial charge in [-0.15, -0.1) is 0 Å². The van der Waals surface area contributed by atoms with E-state index in [1.807, 2.05) is 13.8 Å². The minimum atomic E-state index is -4.47. The zero-order valence-electron chi connectivity index (χ0n) is 14.7. The zero-order chi connectivity index (χ0) is 21.0. The summed E-state index contributed by atoms with van der Waals surface area (Å²) in [6.07, 6.45) is -8.88. The number of aromatic nitrogens is 2. The van der Waals surface area contributed by atoms with Gasteiger partial charge in [0.1, 0.15) is 5.82 Å². The van der Waals surface area contributed by atoms with Crippen LogP contribution in [0, 0.1) is 5.92 Å². The standard InChI is InChI=1S/C10H18F3NO2.C5H4F3N3/c1-6(2)7-3-8(15)9(16)4-14(7)5-10(11,12)13;6-5(7,8)3-1-10-2-4(9)11-3/h6-9,15-16H,3-5H2,1-2H3;1-2H,(H2,9,11). The number of aliphatic hydroxyl groups excluding tert-OH is 2. The fourth-order valence-electron chi connectivity index (χ4n) is 2.67. The van der Waals surface area contributed by atoms with Crippen LogP contribution in [0.2, 0.25) is 0 Å². The second kappa shape index (κ2) is 9.02. The maximum atomic E-state index is 12.3. The number of hydrogen-bond donors (Lipinski definition) is 3. The van der Waals surface area contributed by atoms with Gasteiger partial charge in [-0.1, -0.05) is 13.8 Å². The minimum Gasteiger partial charge on any atom is -0.390 e. The van der Waals surface area contributed by atoms with Crippen molar-refractivity contribution in [3.63, 3.8) is 0 Å². The van der Waals surface area contributed by atoms with Crippen LogP contribution in [0.5, 0.6) is 0 Å². The van der Waals surface area contributed by atoms with Gasteiger partial charge in [0, 0.05) is 12.6 Å². The lowest BCUT2D eigenvalue weighted by atomic mass is 9.89. The molecule has 4 N–H and O–H groups in total. The molecule has 2 heterocycles. The first-order valence-corrected chi connectivity index (χ1v) is 8.02. The summed E-state index contributed by atoms with van der Waals surface area (Å²) in [6.45, 7) is 2.49. The van der Waals surface area contributed by atoms with Crippen molar-refractivity contribution in [3.8, 4) is 0 Å². The van der Waals surface area contributed by atoms with Gasteiger partial charge in [0.2, 0.25) is 0 Å². The van der Waals surface area contributed by atoms with Crippen LogP contribution < -0.4 is 5.73 Å². The van der Waals surface area contributed by atoms with Gasteiger partial charge in [-0.05, 0) is 12.3 Å². The molecule has 27 heavy (non-hydrogen) atoms. The molecule has 156 valence electrons. The van der Waals surface area contributed by atoms with E-state index in [1.165, 1.54) is 4.90 Å². The Labute approximate surface area is 152 Å². The van der Waals surface area contributed by atoms with E-state index in [0.29, 0.717) is 6.20 Å². The number of aliphatic hydroxyl groups is 2. The Kier molecular flexibility index (Phi) is 7.81. The van der Waals surface area contributed by atoms with Gasteiger partial charge >= 0.3 is 12.4 Å². The van der Waals surface area contributed by atoms with E-state index in [4.69, 9.17) is 5.73 Å². The largest absolute Gasteiger partial charge is 0.434 e. The summed E-state index contributed by atoms with van der Waals surface area (Å²) in [6, 6.07) is -0.333. The van der Waals surface area contributed by atoms with E-state index in [9.17, 15) is 36.6 Å². The molecule has 0 bridgehead atoms. The molecule has 1 aromatic heterocycles. The highest BCUT2D eigenvalue weighted by Crippen LogP contribution is 2.28. The summed E-state index contributed by atoms with van der Waals surface area (Å²) >= 11 is 0. The maximum absolute atomic E-state index is 12.3. The fourth-order valence-corrected chi connectivity index (χ4v) is 2.67. The van der Waals surface area contributed by atoms with Gasteiger partial charge < -0.3 is 15.9 Å². The normalized spacial score (nSPS) is 24.5. The molecule has 0 spiro atoms. The summed E-state index contributed by atoms with van der Waals surface area (Å²) in [4.78, 5) is 7.49. The second-order valence-corrected chi connectivity index (χ2v) is 6.55. The van der Waals surface area contributed by atoms with Crippen LogP contribution in [0.4, 0.5) is 32.2 Å². The zero-order valence-corrected chi connectivity index (χ0v) is 14.7. The number of β-amino-alcohol motifs (C(OH)–C–C–N with tert-alkyl or cyclic N) is 1. The van der Waals surface area contributed by atoms with Crippen LogP contribution in [0.3, 0.4) is 0 Å². The molecule has 1 fully saturated rings. The highest BCUT2D eigenvalue weighted by Gasteiger charge is 2.40. The third-order valence-electron chi connectivity index (χ3n) is 3.91. The topological polar surface area (TPSA) is 95.5 Å². The number of halogens is 6. The number of piperidine rings is 1. The second-order valence-electron chi connectivity index (χ2n) is 6.55. The third-order valence-corrected chi connectivity index (χ3v) is 3.91. The Morgan fingerprint density at radius 2 is 1.74 bits per heavy atom. The highest BCUT2D eigenvalue weighted by molar-refractivity contribution is 5.24. The van der Waals surface area contributed by atoms with Gasteiger partial charge in [0.25, 0.3) is 0 Å². The van der Waals surface area contributed by atoms with Crippen molar-refractivity contribution < 1.29 is 36.6 Å². The molecule has 1 aliphatic heterocycles. The average molecular weight is 404 g/mol. The Hall–Kier alpha value is -1.66. The van der Waals surface area contributed by atoms with Crippen molar-refractivity contribution in [2.75, 3.05) is 18.8 Å². The molecule has 0 radical (unpaired) electrons. The Morgan fingerprint density at radius 3 is 2.15 bits per heavy atom. The predicted molar refractivity (Wildman–Crippen MR) is 84.3 cm³/mol. The number of nitrogens with two attached hydrogens (primary N) is 1. The first-order valence-electron chi connectivity index (χ1n) is 8.02. The minimum absolute atomic E-state index is 0.0181. The third kappa shape index (κ3) is 7.85. The molecule has 0 amide bonds. The van der Waals surface area contributed by atoms with Crippen LogP contribution in [0.15, 0.2) is 12.4 Å². The Morgan fingerprint density at radius 1 is 1.15 bits per heavy atom. The molecule has 3 unspecified atom stereocenters. The Balaban J connectivity index is 0.000000289. The van der Waals surface area contributed by atoms with Crippen molar-refractivity contribution >= 4 is 5.82 Å². The number of nitrogen functional groups attached to an aromatic ring is 1.